The maximum absolute atomic E-state index is 11.1. The molecule has 3 aromatic rings. The van der Waals surface area contributed by atoms with E-state index in [9.17, 15) is 5.11 Å². The molecule has 0 spiro atoms. The molecule has 7 heteroatoms. The quantitative estimate of drug-likeness (QED) is 0.763. The van der Waals surface area contributed by atoms with Gasteiger partial charge < -0.3 is 10.0 Å². The highest BCUT2D eigenvalue weighted by Crippen LogP contribution is 2.36. The van der Waals surface area contributed by atoms with Crippen LogP contribution in [-0.2, 0) is 12.6 Å². The number of benzene rings is 1. The van der Waals surface area contributed by atoms with Crippen LogP contribution in [0, 0.1) is 6.92 Å². The molecule has 0 atom stereocenters. The van der Waals surface area contributed by atoms with E-state index in [1.165, 1.54) is 0 Å². The van der Waals surface area contributed by atoms with Crippen molar-refractivity contribution in [2.24, 2.45) is 7.05 Å². The van der Waals surface area contributed by atoms with Crippen molar-refractivity contribution in [2.75, 3.05) is 18.0 Å². The Balaban J connectivity index is 1.61. The number of halogens is 1. The van der Waals surface area contributed by atoms with E-state index in [4.69, 9.17) is 11.6 Å². The lowest BCUT2D eigenvalue weighted by molar-refractivity contribution is 0.0117. The summed E-state index contributed by atoms with van der Waals surface area (Å²) in [5.41, 5.74) is 0.931. The molecule has 25 heavy (non-hydrogen) atoms. The van der Waals surface area contributed by atoms with Crippen molar-refractivity contribution < 1.29 is 5.11 Å². The van der Waals surface area contributed by atoms with Crippen molar-refractivity contribution in [1.29, 1.82) is 0 Å². The van der Waals surface area contributed by atoms with Gasteiger partial charge in [0.15, 0.2) is 5.65 Å². The van der Waals surface area contributed by atoms with Gasteiger partial charge in [0.1, 0.15) is 11.6 Å². The molecule has 1 aliphatic heterocycles. The number of fused-ring (bicyclic) bond motifs is 1. The van der Waals surface area contributed by atoms with Gasteiger partial charge in [-0.1, -0.05) is 23.7 Å². The molecule has 1 N–H and O–H groups in total. The van der Waals surface area contributed by atoms with E-state index in [0.717, 1.165) is 41.3 Å². The van der Waals surface area contributed by atoms with Crippen LogP contribution in [0.15, 0.2) is 30.5 Å². The molecule has 2 aromatic heterocycles. The second-order valence-electron chi connectivity index (χ2n) is 6.63. The van der Waals surface area contributed by atoms with E-state index in [1.807, 2.05) is 44.4 Å². The normalized spacial score (nSPS) is 17.2. The van der Waals surface area contributed by atoms with Crippen LogP contribution in [0.3, 0.4) is 0 Å². The number of aryl methyl sites for hydroxylation is 2. The molecule has 0 saturated carbocycles. The Kier molecular flexibility index (Phi) is 3.89. The number of aliphatic hydroxyl groups is 1. The van der Waals surface area contributed by atoms with Gasteiger partial charge in [0.25, 0.3) is 0 Å². The van der Waals surface area contributed by atoms with E-state index >= 15 is 0 Å². The van der Waals surface area contributed by atoms with Crippen molar-refractivity contribution in [3.63, 3.8) is 0 Å². The lowest BCUT2D eigenvalue weighted by Gasteiger charge is -2.39. The van der Waals surface area contributed by atoms with Gasteiger partial charge in [-0.05, 0) is 37.5 Å². The SMILES string of the molecule is Cc1nc(N2CCC(O)(c3ccc(Cl)cc3)CC2)c2cnn(C)c2n1. The van der Waals surface area contributed by atoms with Crippen LogP contribution in [-0.4, -0.2) is 37.9 Å². The van der Waals surface area contributed by atoms with E-state index in [-0.39, 0.29) is 0 Å². The fraction of sp³-hybridized carbons (Fsp3) is 0.389. The third kappa shape index (κ3) is 2.85. The molecule has 0 aliphatic carbocycles. The van der Waals surface area contributed by atoms with Gasteiger partial charge in [0.2, 0.25) is 0 Å². The molecule has 0 amide bonds. The lowest BCUT2D eigenvalue weighted by atomic mass is 9.84. The Bertz CT molecular complexity index is 913. The minimum atomic E-state index is -0.822. The second kappa shape index (κ2) is 5.97. The molecule has 0 bridgehead atoms. The molecule has 130 valence electrons. The van der Waals surface area contributed by atoms with Gasteiger partial charge in [-0.15, -0.1) is 0 Å². The van der Waals surface area contributed by atoms with Crippen LogP contribution < -0.4 is 4.90 Å². The third-order valence-corrected chi connectivity index (χ3v) is 5.21. The number of hydrogen-bond donors (Lipinski definition) is 1. The Hall–Kier alpha value is -2.18. The zero-order valence-corrected chi connectivity index (χ0v) is 15.0. The largest absolute Gasteiger partial charge is 0.385 e. The maximum Gasteiger partial charge on any atom is 0.163 e. The predicted octanol–water partition coefficient (Wildman–Crippen LogP) is 2.81. The van der Waals surface area contributed by atoms with Crippen LogP contribution in [0.2, 0.25) is 5.02 Å². The zero-order chi connectivity index (χ0) is 17.6. The van der Waals surface area contributed by atoms with Crippen molar-refractivity contribution in [3.05, 3.63) is 46.9 Å². The lowest BCUT2D eigenvalue weighted by Crippen LogP contribution is -2.43. The second-order valence-corrected chi connectivity index (χ2v) is 7.06. The zero-order valence-electron chi connectivity index (χ0n) is 14.3. The molecule has 4 rings (SSSR count). The topological polar surface area (TPSA) is 67.1 Å². The maximum atomic E-state index is 11.1. The highest BCUT2D eigenvalue weighted by molar-refractivity contribution is 6.30. The Labute approximate surface area is 151 Å². The third-order valence-electron chi connectivity index (χ3n) is 4.96. The molecular weight excluding hydrogens is 338 g/mol. The number of piperidine rings is 1. The number of aromatic nitrogens is 4. The highest BCUT2D eigenvalue weighted by atomic mass is 35.5. The smallest absolute Gasteiger partial charge is 0.163 e. The predicted molar refractivity (Wildman–Crippen MR) is 97.8 cm³/mol. The number of rotatable bonds is 2. The summed E-state index contributed by atoms with van der Waals surface area (Å²) in [6, 6.07) is 7.47. The Morgan fingerprint density at radius 3 is 2.48 bits per heavy atom. The monoisotopic (exact) mass is 357 g/mol. The van der Waals surface area contributed by atoms with Crippen LogP contribution in [0.5, 0.6) is 0 Å². The number of nitrogens with zero attached hydrogens (tertiary/aromatic N) is 5. The number of anilines is 1. The summed E-state index contributed by atoms with van der Waals surface area (Å²) in [5.74, 6) is 1.62. The van der Waals surface area contributed by atoms with Crippen LogP contribution in [0.1, 0.15) is 24.2 Å². The molecule has 0 unspecified atom stereocenters. The summed E-state index contributed by atoms with van der Waals surface area (Å²) in [6.07, 6.45) is 3.09. The average Bonchev–Trinajstić information content (AvgIpc) is 2.96. The molecule has 0 radical (unpaired) electrons. The van der Waals surface area contributed by atoms with E-state index in [2.05, 4.69) is 20.0 Å². The first-order valence-corrected chi connectivity index (χ1v) is 8.74. The molecule has 1 aliphatic rings. The van der Waals surface area contributed by atoms with Gasteiger partial charge >= 0.3 is 0 Å². The van der Waals surface area contributed by atoms with Gasteiger partial charge in [-0.2, -0.15) is 5.10 Å². The van der Waals surface area contributed by atoms with Crippen molar-refractivity contribution in [3.8, 4) is 0 Å². The minimum absolute atomic E-state index is 0.638. The number of hydrogen-bond acceptors (Lipinski definition) is 5. The standard InChI is InChI=1S/C18H20ClN5O/c1-12-21-16-15(11-20-23(16)2)17(22-12)24-9-7-18(25,8-10-24)13-3-5-14(19)6-4-13/h3-6,11,25H,7-10H2,1-2H3. The van der Waals surface area contributed by atoms with E-state index in [1.54, 1.807) is 4.68 Å². The summed E-state index contributed by atoms with van der Waals surface area (Å²) >= 11 is 5.96. The highest BCUT2D eigenvalue weighted by Gasteiger charge is 2.35. The van der Waals surface area contributed by atoms with Crippen molar-refractivity contribution in [1.82, 2.24) is 19.7 Å². The van der Waals surface area contributed by atoms with E-state index in [0.29, 0.717) is 17.9 Å². The van der Waals surface area contributed by atoms with Gasteiger partial charge in [0, 0.05) is 25.2 Å². The first-order valence-electron chi connectivity index (χ1n) is 8.36. The van der Waals surface area contributed by atoms with Gasteiger partial charge in [-0.25, -0.2) is 9.97 Å². The molecule has 1 fully saturated rings. The summed E-state index contributed by atoms with van der Waals surface area (Å²) in [7, 11) is 1.88. The first kappa shape index (κ1) is 16.3. The summed E-state index contributed by atoms with van der Waals surface area (Å²) in [5, 5.41) is 17.0. The Morgan fingerprint density at radius 1 is 1.12 bits per heavy atom. The fourth-order valence-electron chi connectivity index (χ4n) is 3.49. The van der Waals surface area contributed by atoms with Gasteiger partial charge in [0.05, 0.1) is 17.2 Å². The molecule has 1 saturated heterocycles. The molecular formula is C18H20ClN5O. The minimum Gasteiger partial charge on any atom is -0.385 e. The van der Waals surface area contributed by atoms with Crippen LogP contribution >= 0.6 is 11.6 Å². The van der Waals surface area contributed by atoms with Gasteiger partial charge in [-0.3, -0.25) is 4.68 Å². The summed E-state index contributed by atoms with van der Waals surface area (Å²) in [4.78, 5) is 11.3. The van der Waals surface area contributed by atoms with E-state index < -0.39 is 5.60 Å². The molecule has 1 aromatic carbocycles. The Morgan fingerprint density at radius 2 is 1.80 bits per heavy atom. The van der Waals surface area contributed by atoms with Crippen LogP contribution in [0.4, 0.5) is 5.82 Å². The fourth-order valence-corrected chi connectivity index (χ4v) is 3.62. The molecule has 3 heterocycles. The molecule has 6 nitrogen and oxygen atoms in total. The summed E-state index contributed by atoms with van der Waals surface area (Å²) in [6.45, 7) is 3.34. The first-order chi connectivity index (χ1) is 12.0. The average molecular weight is 358 g/mol. The van der Waals surface area contributed by atoms with Crippen molar-refractivity contribution in [2.45, 2.75) is 25.4 Å². The van der Waals surface area contributed by atoms with Crippen LogP contribution in [0.25, 0.3) is 11.0 Å². The summed E-state index contributed by atoms with van der Waals surface area (Å²) < 4.78 is 1.77. The van der Waals surface area contributed by atoms with Crippen molar-refractivity contribution >= 4 is 28.5 Å².